The summed E-state index contributed by atoms with van der Waals surface area (Å²) in [5.41, 5.74) is 8.18. The Labute approximate surface area is 125 Å². The van der Waals surface area contributed by atoms with Crippen LogP contribution in [0.25, 0.3) is 0 Å². The van der Waals surface area contributed by atoms with E-state index in [1.807, 2.05) is 31.2 Å². The van der Waals surface area contributed by atoms with Gasteiger partial charge in [0.25, 0.3) is 0 Å². The summed E-state index contributed by atoms with van der Waals surface area (Å²) in [6.07, 6.45) is 1.35. The van der Waals surface area contributed by atoms with Crippen LogP contribution in [0.1, 0.15) is 16.8 Å². The van der Waals surface area contributed by atoms with Crippen LogP contribution in [0.4, 0.5) is 0 Å². The zero-order chi connectivity index (χ0) is 15.5. The van der Waals surface area contributed by atoms with E-state index in [2.05, 4.69) is 4.98 Å². The summed E-state index contributed by atoms with van der Waals surface area (Å²) in [5, 5.41) is 0. The van der Waals surface area contributed by atoms with Crippen LogP contribution in [0, 0.1) is 6.92 Å². The molecule has 0 bridgehead atoms. The molecule has 6 heteroatoms. The molecule has 0 aliphatic carbocycles. The Morgan fingerprint density at radius 2 is 1.90 bits per heavy atom. The van der Waals surface area contributed by atoms with Crippen LogP contribution in [0.2, 0.25) is 0 Å². The second-order valence-electron chi connectivity index (χ2n) is 4.88. The monoisotopic (exact) mass is 305 g/mol. The highest BCUT2D eigenvalue weighted by atomic mass is 32.2. The molecular weight excluding hydrogens is 286 g/mol. The van der Waals surface area contributed by atoms with Gasteiger partial charge in [0.15, 0.2) is 0 Å². The van der Waals surface area contributed by atoms with Crippen molar-refractivity contribution in [1.82, 2.24) is 9.29 Å². The molecule has 0 spiro atoms. The van der Waals surface area contributed by atoms with Gasteiger partial charge in [0.1, 0.15) is 4.90 Å². The van der Waals surface area contributed by atoms with E-state index in [4.69, 9.17) is 5.73 Å². The largest absolute Gasteiger partial charge is 0.325 e. The summed E-state index contributed by atoms with van der Waals surface area (Å²) in [6.45, 7) is 2.58. The van der Waals surface area contributed by atoms with Crippen molar-refractivity contribution in [1.29, 1.82) is 0 Å². The minimum Gasteiger partial charge on any atom is -0.325 e. The van der Waals surface area contributed by atoms with Crippen molar-refractivity contribution in [2.24, 2.45) is 5.73 Å². The molecule has 0 atom stereocenters. The molecule has 5 nitrogen and oxygen atoms in total. The lowest BCUT2D eigenvalue weighted by atomic mass is 10.1. The molecule has 0 aliphatic rings. The number of nitrogens with two attached hydrogens (primary N) is 1. The van der Waals surface area contributed by atoms with Gasteiger partial charge in [-0.1, -0.05) is 24.3 Å². The molecular formula is C15H19N3O2S. The maximum atomic E-state index is 12.5. The Morgan fingerprint density at radius 3 is 2.48 bits per heavy atom. The first-order valence-corrected chi connectivity index (χ1v) is 8.05. The van der Waals surface area contributed by atoms with E-state index in [0.29, 0.717) is 18.8 Å². The van der Waals surface area contributed by atoms with E-state index in [1.54, 1.807) is 19.2 Å². The normalized spacial score (nSPS) is 11.8. The lowest BCUT2D eigenvalue weighted by Crippen LogP contribution is -2.27. The van der Waals surface area contributed by atoms with Gasteiger partial charge in [0.05, 0.1) is 5.69 Å². The number of benzene rings is 1. The van der Waals surface area contributed by atoms with Crippen LogP contribution >= 0.6 is 0 Å². The number of hydrogen-bond donors (Lipinski definition) is 1. The van der Waals surface area contributed by atoms with E-state index in [-0.39, 0.29) is 4.90 Å². The third-order valence-corrected chi connectivity index (χ3v) is 5.16. The lowest BCUT2D eigenvalue weighted by molar-refractivity contribution is 0.465. The number of aromatic nitrogens is 1. The van der Waals surface area contributed by atoms with Crippen molar-refractivity contribution in [2.45, 2.75) is 24.9 Å². The number of aryl methyl sites for hydroxylation is 1. The van der Waals surface area contributed by atoms with Gasteiger partial charge < -0.3 is 5.73 Å². The van der Waals surface area contributed by atoms with Crippen molar-refractivity contribution >= 4 is 10.0 Å². The van der Waals surface area contributed by atoms with Gasteiger partial charge in [-0.25, -0.2) is 8.42 Å². The first-order valence-electron chi connectivity index (χ1n) is 6.61. The Kier molecular flexibility index (Phi) is 4.72. The molecule has 2 rings (SSSR count). The molecule has 2 N–H and O–H groups in total. The molecule has 1 aromatic carbocycles. The van der Waals surface area contributed by atoms with Crippen molar-refractivity contribution in [3.05, 3.63) is 59.4 Å². The standard InChI is InChI=1S/C15H19N3O2S/c1-12-5-3-4-6-13(12)11-18(2)21(19,20)15-8-7-14(9-16)17-10-15/h3-8,10H,9,11,16H2,1-2H3. The van der Waals surface area contributed by atoms with Crippen LogP contribution in [0.5, 0.6) is 0 Å². The minimum absolute atomic E-state index is 0.177. The van der Waals surface area contributed by atoms with Crippen molar-refractivity contribution in [3.8, 4) is 0 Å². The Morgan fingerprint density at radius 1 is 1.19 bits per heavy atom. The highest BCUT2D eigenvalue weighted by Gasteiger charge is 2.21. The molecule has 2 aromatic rings. The molecule has 0 saturated heterocycles. The fraction of sp³-hybridized carbons (Fsp3) is 0.267. The van der Waals surface area contributed by atoms with Gasteiger partial charge >= 0.3 is 0 Å². The predicted molar refractivity (Wildman–Crippen MR) is 82.0 cm³/mol. The maximum Gasteiger partial charge on any atom is 0.244 e. The zero-order valence-electron chi connectivity index (χ0n) is 12.2. The van der Waals surface area contributed by atoms with Gasteiger partial charge in [-0.15, -0.1) is 0 Å². The number of pyridine rings is 1. The molecule has 0 aliphatic heterocycles. The van der Waals surface area contributed by atoms with Crippen LogP contribution < -0.4 is 5.73 Å². The summed E-state index contributed by atoms with van der Waals surface area (Å²) >= 11 is 0. The average Bonchev–Trinajstić information content (AvgIpc) is 2.49. The summed E-state index contributed by atoms with van der Waals surface area (Å²) in [5.74, 6) is 0. The second-order valence-corrected chi connectivity index (χ2v) is 6.92. The maximum absolute atomic E-state index is 12.5. The quantitative estimate of drug-likeness (QED) is 0.911. The molecule has 0 unspecified atom stereocenters. The first kappa shape index (κ1) is 15.6. The predicted octanol–water partition coefficient (Wildman–Crippen LogP) is 1.67. The van der Waals surface area contributed by atoms with E-state index in [9.17, 15) is 8.42 Å². The van der Waals surface area contributed by atoms with E-state index in [1.165, 1.54) is 10.5 Å². The number of nitrogens with zero attached hydrogens (tertiary/aromatic N) is 2. The van der Waals surface area contributed by atoms with E-state index < -0.39 is 10.0 Å². The van der Waals surface area contributed by atoms with Crippen LogP contribution in [-0.4, -0.2) is 24.8 Å². The number of sulfonamides is 1. The minimum atomic E-state index is -3.55. The summed E-state index contributed by atoms with van der Waals surface area (Å²) < 4.78 is 26.3. The van der Waals surface area contributed by atoms with Crippen LogP contribution in [0.3, 0.4) is 0 Å². The smallest absolute Gasteiger partial charge is 0.244 e. The highest BCUT2D eigenvalue weighted by molar-refractivity contribution is 7.89. The molecule has 0 radical (unpaired) electrons. The molecule has 0 fully saturated rings. The molecule has 0 amide bonds. The SMILES string of the molecule is Cc1ccccc1CN(C)S(=O)(=O)c1ccc(CN)nc1. The summed E-state index contributed by atoms with van der Waals surface area (Å²) in [7, 11) is -1.98. The zero-order valence-corrected chi connectivity index (χ0v) is 13.0. The van der Waals surface area contributed by atoms with E-state index in [0.717, 1.165) is 11.1 Å². The first-order chi connectivity index (χ1) is 9.95. The van der Waals surface area contributed by atoms with Crippen molar-refractivity contribution in [3.63, 3.8) is 0 Å². The van der Waals surface area contributed by atoms with Gasteiger partial charge in [0, 0.05) is 26.3 Å². The number of hydrogen-bond acceptors (Lipinski definition) is 4. The average molecular weight is 305 g/mol. The number of rotatable bonds is 5. The molecule has 112 valence electrons. The summed E-state index contributed by atoms with van der Waals surface area (Å²) in [4.78, 5) is 4.22. The highest BCUT2D eigenvalue weighted by Crippen LogP contribution is 2.17. The van der Waals surface area contributed by atoms with Crippen molar-refractivity contribution in [2.75, 3.05) is 7.05 Å². The van der Waals surface area contributed by atoms with Gasteiger partial charge in [-0.05, 0) is 30.2 Å². The molecule has 1 heterocycles. The fourth-order valence-electron chi connectivity index (χ4n) is 1.98. The summed E-state index contributed by atoms with van der Waals surface area (Å²) in [6, 6.07) is 10.9. The van der Waals surface area contributed by atoms with Gasteiger partial charge in [0.2, 0.25) is 10.0 Å². The fourth-order valence-corrected chi connectivity index (χ4v) is 3.07. The molecule has 0 saturated carbocycles. The van der Waals surface area contributed by atoms with Crippen molar-refractivity contribution < 1.29 is 8.42 Å². The van der Waals surface area contributed by atoms with Crippen LogP contribution in [0.15, 0.2) is 47.5 Å². The third kappa shape index (κ3) is 3.47. The Bertz CT molecular complexity index is 712. The Hall–Kier alpha value is -1.76. The van der Waals surface area contributed by atoms with Gasteiger partial charge in [-0.3, -0.25) is 4.98 Å². The molecule has 1 aromatic heterocycles. The Balaban J connectivity index is 2.24. The lowest BCUT2D eigenvalue weighted by Gasteiger charge is -2.18. The molecule has 21 heavy (non-hydrogen) atoms. The van der Waals surface area contributed by atoms with Gasteiger partial charge in [-0.2, -0.15) is 4.31 Å². The second kappa shape index (κ2) is 6.34. The van der Waals surface area contributed by atoms with Crippen LogP contribution in [-0.2, 0) is 23.1 Å². The third-order valence-electron chi connectivity index (χ3n) is 3.37. The topological polar surface area (TPSA) is 76.3 Å². The van der Waals surface area contributed by atoms with E-state index >= 15 is 0 Å².